The number of hydrogen-bond acceptors (Lipinski definition) is 4. The van der Waals surface area contributed by atoms with Crippen molar-refractivity contribution in [3.8, 4) is 5.75 Å². The van der Waals surface area contributed by atoms with E-state index >= 15 is 0 Å². The highest BCUT2D eigenvalue weighted by Crippen LogP contribution is 2.23. The summed E-state index contributed by atoms with van der Waals surface area (Å²) in [5.74, 6) is 0.288. The van der Waals surface area contributed by atoms with E-state index in [1.807, 2.05) is 18.7 Å². The number of carbonyl (C=O) groups excluding carboxylic acids is 1. The van der Waals surface area contributed by atoms with E-state index in [0.717, 1.165) is 18.5 Å². The number of aliphatic imine (C=N–C) groups is 1. The number of hydrogen-bond donors (Lipinski definition) is 3. The first-order chi connectivity index (χ1) is 14.7. The predicted octanol–water partition coefficient (Wildman–Crippen LogP) is 2.92. The number of halogens is 4. The fourth-order valence-electron chi connectivity index (χ4n) is 3.41. The Bertz CT molecular complexity index is 732. The molecule has 1 heterocycles. The number of carbonyl (C=O) groups is 1. The van der Waals surface area contributed by atoms with Crippen molar-refractivity contribution < 1.29 is 27.8 Å². The fraction of sp³-hybridized carbons (Fsp3) is 0.619. The van der Waals surface area contributed by atoms with Crippen LogP contribution in [-0.2, 0) is 11.2 Å². The summed E-state index contributed by atoms with van der Waals surface area (Å²) in [6.45, 7) is 6.06. The van der Waals surface area contributed by atoms with Crippen LogP contribution in [0.3, 0.4) is 0 Å². The molecule has 0 spiro atoms. The van der Waals surface area contributed by atoms with Gasteiger partial charge in [0.1, 0.15) is 5.75 Å². The molecule has 1 amide bonds. The summed E-state index contributed by atoms with van der Waals surface area (Å²) in [5.41, 5.74) is 0.784. The fourth-order valence-corrected chi connectivity index (χ4v) is 3.41. The summed E-state index contributed by atoms with van der Waals surface area (Å²) in [6, 6.07) is 5.73. The maximum absolute atomic E-state index is 12.3. The molecule has 11 heteroatoms. The van der Waals surface area contributed by atoms with Gasteiger partial charge in [-0.15, -0.1) is 37.1 Å². The molecule has 0 aromatic heterocycles. The molecule has 1 aliphatic heterocycles. The lowest BCUT2D eigenvalue weighted by Crippen LogP contribution is -2.45. The standard InChI is InChI=1S/C21H31F3N4O3.HI/c1-3-19(30)28-10-9-17(13-28)27-20(25-4-2)26-12-16(14-29)11-15-5-7-18(8-6-15)31-21(22,23)24;/h5-8,16-17,29H,3-4,9-14H2,1-2H3,(H2,25,26,27);1H. The molecule has 32 heavy (non-hydrogen) atoms. The molecule has 1 aromatic carbocycles. The summed E-state index contributed by atoms with van der Waals surface area (Å²) in [5, 5.41) is 16.2. The van der Waals surface area contributed by atoms with Crippen LogP contribution in [0.4, 0.5) is 13.2 Å². The highest BCUT2D eigenvalue weighted by atomic mass is 127. The zero-order chi connectivity index (χ0) is 22.9. The van der Waals surface area contributed by atoms with E-state index in [4.69, 9.17) is 0 Å². The maximum Gasteiger partial charge on any atom is 0.573 e. The van der Waals surface area contributed by atoms with Crippen LogP contribution in [0.1, 0.15) is 32.3 Å². The number of ether oxygens (including phenoxy) is 1. The third-order valence-electron chi connectivity index (χ3n) is 4.98. The molecule has 1 fully saturated rings. The number of aliphatic hydroxyl groups is 1. The molecule has 2 rings (SSSR count). The molecule has 182 valence electrons. The third kappa shape index (κ3) is 9.80. The minimum Gasteiger partial charge on any atom is -0.406 e. The Balaban J connectivity index is 0.00000512. The second kappa shape index (κ2) is 13.7. The van der Waals surface area contributed by atoms with Crippen molar-refractivity contribution in [3.63, 3.8) is 0 Å². The first kappa shape index (κ1) is 28.3. The third-order valence-corrected chi connectivity index (χ3v) is 4.98. The van der Waals surface area contributed by atoms with Crippen LogP contribution in [0.5, 0.6) is 5.75 Å². The van der Waals surface area contributed by atoms with E-state index in [0.29, 0.717) is 38.4 Å². The van der Waals surface area contributed by atoms with Gasteiger partial charge in [-0.3, -0.25) is 9.79 Å². The molecular formula is C21H32F3IN4O3. The second-order valence-electron chi connectivity index (χ2n) is 7.49. The lowest BCUT2D eigenvalue weighted by molar-refractivity contribution is -0.274. The van der Waals surface area contributed by atoms with Gasteiger partial charge in [0.25, 0.3) is 0 Å². The van der Waals surface area contributed by atoms with Gasteiger partial charge in [0, 0.05) is 51.2 Å². The molecule has 0 aliphatic carbocycles. The van der Waals surface area contributed by atoms with Crippen molar-refractivity contribution in [2.24, 2.45) is 10.9 Å². The Morgan fingerprint density at radius 3 is 2.56 bits per heavy atom. The van der Waals surface area contributed by atoms with E-state index in [2.05, 4.69) is 20.4 Å². The van der Waals surface area contributed by atoms with Crippen molar-refractivity contribution in [2.75, 3.05) is 32.8 Å². The predicted molar refractivity (Wildman–Crippen MR) is 127 cm³/mol. The van der Waals surface area contributed by atoms with Crippen LogP contribution in [-0.4, -0.2) is 67.1 Å². The Labute approximate surface area is 203 Å². The topological polar surface area (TPSA) is 86.2 Å². The van der Waals surface area contributed by atoms with Crippen molar-refractivity contribution in [3.05, 3.63) is 29.8 Å². The van der Waals surface area contributed by atoms with Crippen LogP contribution in [0.2, 0.25) is 0 Å². The Hall–Kier alpha value is -1.76. The number of aliphatic hydroxyl groups excluding tert-OH is 1. The molecule has 0 radical (unpaired) electrons. The van der Waals surface area contributed by atoms with E-state index in [9.17, 15) is 23.1 Å². The molecule has 1 aromatic rings. The second-order valence-corrected chi connectivity index (χ2v) is 7.49. The number of benzene rings is 1. The average molecular weight is 572 g/mol. The Morgan fingerprint density at radius 2 is 2.00 bits per heavy atom. The van der Waals surface area contributed by atoms with Crippen molar-refractivity contribution in [1.82, 2.24) is 15.5 Å². The molecule has 2 unspecified atom stereocenters. The zero-order valence-electron chi connectivity index (χ0n) is 18.3. The summed E-state index contributed by atoms with van der Waals surface area (Å²) in [7, 11) is 0. The molecule has 2 atom stereocenters. The largest absolute Gasteiger partial charge is 0.573 e. The molecule has 3 N–H and O–H groups in total. The Morgan fingerprint density at radius 1 is 1.31 bits per heavy atom. The van der Waals surface area contributed by atoms with Gasteiger partial charge < -0.3 is 25.4 Å². The quantitative estimate of drug-likeness (QED) is 0.241. The van der Waals surface area contributed by atoms with E-state index < -0.39 is 6.36 Å². The maximum atomic E-state index is 12.3. The highest BCUT2D eigenvalue weighted by Gasteiger charge is 2.31. The minimum atomic E-state index is -4.72. The van der Waals surface area contributed by atoms with Crippen LogP contribution < -0.4 is 15.4 Å². The van der Waals surface area contributed by atoms with Crippen LogP contribution >= 0.6 is 24.0 Å². The van der Waals surface area contributed by atoms with Crippen molar-refractivity contribution in [2.45, 2.75) is 45.5 Å². The first-order valence-corrected chi connectivity index (χ1v) is 10.5. The summed E-state index contributed by atoms with van der Waals surface area (Å²) < 4.78 is 40.7. The monoisotopic (exact) mass is 572 g/mol. The Kier molecular flexibility index (Phi) is 12.1. The average Bonchev–Trinajstić information content (AvgIpc) is 3.19. The van der Waals surface area contributed by atoms with E-state index in [1.54, 1.807) is 12.1 Å². The number of amides is 1. The van der Waals surface area contributed by atoms with E-state index in [-0.39, 0.29) is 54.2 Å². The molecule has 7 nitrogen and oxygen atoms in total. The van der Waals surface area contributed by atoms with Crippen LogP contribution in [0, 0.1) is 5.92 Å². The number of nitrogens with one attached hydrogen (secondary N) is 2. The zero-order valence-corrected chi connectivity index (χ0v) is 20.7. The van der Waals surface area contributed by atoms with Crippen LogP contribution in [0.15, 0.2) is 29.3 Å². The van der Waals surface area contributed by atoms with Crippen molar-refractivity contribution in [1.29, 1.82) is 0 Å². The van der Waals surface area contributed by atoms with Crippen molar-refractivity contribution >= 4 is 35.8 Å². The normalized spacial score (nSPS) is 17.5. The van der Waals surface area contributed by atoms with Gasteiger partial charge in [0.15, 0.2) is 5.96 Å². The van der Waals surface area contributed by atoms with Gasteiger partial charge >= 0.3 is 6.36 Å². The summed E-state index contributed by atoms with van der Waals surface area (Å²) >= 11 is 0. The number of nitrogens with zero attached hydrogens (tertiary/aromatic N) is 2. The number of likely N-dealkylation sites (tertiary alicyclic amines) is 1. The lowest BCUT2D eigenvalue weighted by Gasteiger charge is -2.19. The number of alkyl halides is 3. The molecule has 1 saturated heterocycles. The highest BCUT2D eigenvalue weighted by molar-refractivity contribution is 14.0. The number of rotatable bonds is 9. The summed E-state index contributed by atoms with van der Waals surface area (Å²) in [4.78, 5) is 18.2. The molecule has 0 bridgehead atoms. The van der Waals surface area contributed by atoms with Gasteiger partial charge in [-0.1, -0.05) is 19.1 Å². The SMILES string of the molecule is CCNC(=NCC(CO)Cc1ccc(OC(F)(F)F)cc1)NC1CCN(C(=O)CC)C1.I. The minimum absolute atomic E-state index is 0. The van der Waals surface area contributed by atoms with E-state index in [1.165, 1.54) is 12.1 Å². The number of guanidine groups is 1. The molecule has 0 saturated carbocycles. The van der Waals surface area contributed by atoms with Crippen LogP contribution in [0.25, 0.3) is 0 Å². The molecular weight excluding hydrogens is 540 g/mol. The van der Waals surface area contributed by atoms with Gasteiger partial charge in [-0.2, -0.15) is 0 Å². The van der Waals surface area contributed by atoms with Gasteiger partial charge in [0.05, 0.1) is 0 Å². The smallest absolute Gasteiger partial charge is 0.406 e. The van der Waals surface area contributed by atoms with Gasteiger partial charge in [-0.05, 0) is 37.5 Å². The molecule has 1 aliphatic rings. The van der Waals surface area contributed by atoms with Gasteiger partial charge in [-0.25, -0.2) is 0 Å². The van der Waals surface area contributed by atoms with Gasteiger partial charge in [0.2, 0.25) is 5.91 Å². The lowest BCUT2D eigenvalue weighted by atomic mass is 10.0. The summed E-state index contributed by atoms with van der Waals surface area (Å²) in [6.07, 6.45) is -2.93. The first-order valence-electron chi connectivity index (χ1n) is 10.5.